The van der Waals surface area contributed by atoms with Crippen molar-refractivity contribution in [2.24, 2.45) is 0 Å². The summed E-state index contributed by atoms with van der Waals surface area (Å²) >= 11 is 5.20. The Morgan fingerprint density at radius 1 is 1.11 bits per heavy atom. The Balaban J connectivity index is 2.35. The Hall–Kier alpha value is 0.0349. The van der Waals surface area contributed by atoms with Gasteiger partial charge in [0, 0.05) is 9.37 Å². The van der Waals surface area contributed by atoms with Crippen LogP contribution in [-0.4, -0.2) is 24.6 Å². The molecule has 0 unspecified atom stereocenters. The van der Waals surface area contributed by atoms with Crippen molar-refractivity contribution in [3.8, 4) is 0 Å². The van der Waals surface area contributed by atoms with Gasteiger partial charge >= 0.3 is 7.12 Å². The summed E-state index contributed by atoms with van der Waals surface area (Å²) in [6, 6.07) is 6.20. The van der Waals surface area contributed by atoms with Crippen LogP contribution < -0.4 is 5.46 Å². The van der Waals surface area contributed by atoms with Gasteiger partial charge in [0.1, 0.15) is 0 Å². The summed E-state index contributed by atoms with van der Waals surface area (Å²) in [5, 5.41) is 0. The molecule has 98 valence electrons. The molecule has 1 aromatic carbocycles. The van der Waals surface area contributed by atoms with Crippen LogP contribution in [0.1, 0.15) is 27.7 Å². The Morgan fingerprint density at radius 2 is 1.67 bits per heavy atom. The van der Waals surface area contributed by atoms with Crippen LogP contribution in [0.4, 0.5) is 0 Å². The molecule has 2 rings (SSSR count). The molecule has 0 atom stereocenters. The molecule has 0 aromatic heterocycles. The lowest BCUT2D eigenvalue weighted by molar-refractivity contribution is 0.00578. The Bertz CT molecular complexity index is 446. The standard InChI is InChI=1S/C13H18BBrO2S/c1-12(2)13(3,4)17-14(16-12)10-7-6-9(15)8-11(10)18-5/h6-8H,1-5H3. The molecule has 18 heavy (non-hydrogen) atoms. The maximum Gasteiger partial charge on any atom is 0.495 e. The van der Waals surface area contributed by atoms with Gasteiger partial charge in [-0.15, -0.1) is 11.8 Å². The lowest BCUT2D eigenvalue weighted by Crippen LogP contribution is -2.41. The number of hydrogen-bond donors (Lipinski definition) is 0. The van der Waals surface area contributed by atoms with Crippen LogP contribution in [0.2, 0.25) is 0 Å². The lowest BCUT2D eigenvalue weighted by atomic mass is 9.79. The fourth-order valence-corrected chi connectivity index (χ4v) is 3.01. The van der Waals surface area contributed by atoms with Crippen LogP contribution in [-0.2, 0) is 9.31 Å². The highest BCUT2D eigenvalue weighted by Gasteiger charge is 2.52. The Kier molecular flexibility index (Phi) is 3.90. The number of benzene rings is 1. The fourth-order valence-electron chi connectivity index (χ4n) is 1.85. The third-order valence-corrected chi connectivity index (χ3v) is 4.99. The highest BCUT2D eigenvalue weighted by Crippen LogP contribution is 2.37. The monoisotopic (exact) mass is 328 g/mol. The summed E-state index contributed by atoms with van der Waals surface area (Å²) < 4.78 is 13.2. The highest BCUT2D eigenvalue weighted by atomic mass is 79.9. The van der Waals surface area contributed by atoms with Crippen LogP contribution in [0.15, 0.2) is 27.6 Å². The average Bonchev–Trinajstić information content (AvgIpc) is 2.47. The van der Waals surface area contributed by atoms with Gasteiger partial charge in [0.2, 0.25) is 0 Å². The van der Waals surface area contributed by atoms with Crippen molar-refractivity contribution in [1.29, 1.82) is 0 Å². The maximum atomic E-state index is 6.08. The quantitative estimate of drug-likeness (QED) is 0.611. The van der Waals surface area contributed by atoms with Gasteiger partial charge in [0.05, 0.1) is 11.2 Å². The number of thioether (sulfide) groups is 1. The maximum absolute atomic E-state index is 6.08. The van der Waals surface area contributed by atoms with Crippen molar-refractivity contribution in [1.82, 2.24) is 0 Å². The van der Waals surface area contributed by atoms with Gasteiger partial charge in [-0.1, -0.05) is 22.0 Å². The van der Waals surface area contributed by atoms with E-state index in [1.54, 1.807) is 11.8 Å². The molecule has 1 heterocycles. The second-order valence-electron chi connectivity index (χ2n) is 5.47. The summed E-state index contributed by atoms with van der Waals surface area (Å²) in [7, 11) is -0.287. The third-order valence-electron chi connectivity index (χ3n) is 3.70. The minimum absolute atomic E-state index is 0.287. The number of halogens is 1. The predicted octanol–water partition coefficient (Wildman–Crippen LogP) is 3.47. The zero-order valence-electron chi connectivity index (χ0n) is 11.4. The molecule has 0 spiro atoms. The highest BCUT2D eigenvalue weighted by molar-refractivity contribution is 9.10. The van der Waals surface area contributed by atoms with Gasteiger partial charge < -0.3 is 9.31 Å². The van der Waals surface area contributed by atoms with Crippen molar-refractivity contribution >= 4 is 40.3 Å². The van der Waals surface area contributed by atoms with Gasteiger partial charge in [-0.05, 0) is 51.5 Å². The summed E-state index contributed by atoms with van der Waals surface area (Å²) in [5.41, 5.74) is 0.519. The third kappa shape index (κ3) is 2.51. The topological polar surface area (TPSA) is 18.5 Å². The number of rotatable bonds is 2. The van der Waals surface area contributed by atoms with E-state index < -0.39 is 0 Å². The van der Waals surface area contributed by atoms with Gasteiger partial charge in [-0.25, -0.2) is 0 Å². The van der Waals surface area contributed by atoms with Gasteiger partial charge in [-0.2, -0.15) is 0 Å². The van der Waals surface area contributed by atoms with E-state index >= 15 is 0 Å². The molecule has 2 nitrogen and oxygen atoms in total. The molecule has 5 heteroatoms. The zero-order chi connectivity index (χ0) is 13.6. The summed E-state index contributed by atoms with van der Waals surface area (Å²) in [4.78, 5) is 1.18. The van der Waals surface area contributed by atoms with E-state index in [4.69, 9.17) is 9.31 Å². The van der Waals surface area contributed by atoms with Crippen molar-refractivity contribution < 1.29 is 9.31 Å². The fraction of sp³-hybridized carbons (Fsp3) is 0.538. The summed E-state index contributed by atoms with van der Waals surface area (Å²) in [6.45, 7) is 8.30. The van der Waals surface area contributed by atoms with Crippen LogP contribution in [0.5, 0.6) is 0 Å². The SMILES string of the molecule is CSc1cc(Br)ccc1B1OC(C)(C)C(C)(C)O1. The smallest absolute Gasteiger partial charge is 0.399 e. The minimum Gasteiger partial charge on any atom is -0.399 e. The van der Waals surface area contributed by atoms with Crippen LogP contribution >= 0.6 is 27.7 Å². The number of hydrogen-bond acceptors (Lipinski definition) is 3. The first-order chi connectivity index (χ1) is 8.27. The lowest BCUT2D eigenvalue weighted by Gasteiger charge is -2.32. The molecule has 0 saturated carbocycles. The Labute approximate surface area is 122 Å². The summed E-state index contributed by atoms with van der Waals surface area (Å²) in [6.07, 6.45) is 2.07. The first-order valence-corrected chi connectivity index (χ1v) is 7.98. The molecule has 1 saturated heterocycles. The molecule has 1 aromatic rings. The largest absolute Gasteiger partial charge is 0.495 e. The average molecular weight is 329 g/mol. The normalized spacial score (nSPS) is 21.3. The zero-order valence-corrected chi connectivity index (χ0v) is 13.8. The summed E-state index contributed by atoms with van der Waals surface area (Å²) in [5.74, 6) is 0. The molecule has 1 aliphatic rings. The molecule has 1 aliphatic heterocycles. The molecule has 0 aliphatic carbocycles. The van der Waals surface area contributed by atoms with E-state index in [0.29, 0.717) is 0 Å². The first-order valence-electron chi connectivity index (χ1n) is 5.96. The van der Waals surface area contributed by atoms with Gasteiger partial charge in [-0.3, -0.25) is 0 Å². The molecular weight excluding hydrogens is 311 g/mol. The van der Waals surface area contributed by atoms with Crippen molar-refractivity contribution in [2.75, 3.05) is 6.26 Å². The molecule has 0 amide bonds. The van der Waals surface area contributed by atoms with Crippen LogP contribution in [0, 0.1) is 0 Å². The van der Waals surface area contributed by atoms with E-state index in [0.717, 1.165) is 9.94 Å². The van der Waals surface area contributed by atoms with Gasteiger partial charge in [0.15, 0.2) is 0 Å². The minimum atomic E-state index is -0.291. The van der Waals surface area contributed by atoms with Gasteiger partial charge in [0.25, 0.3) is 0 Å². The molecular formula is C13H18BBrO2S. The van der Waals surface area contributed by atoms with Crippen molar-refractivity contribution in [3.63, 3.8) is 0 Å². The van der Waals surface area contributed by atoms with E-state index in [1.165, 1.54) is 4.90 Å². The van der Waals surface area contributed by atoms with Crippen LogP contribution in [0.3, 0.4) is 0 Å². The van der Waals surface area contributed by atoms with Crippen molar-refractivity contribution in [2.45, 2.75) is 43.8 Å². The Morgan fingerprint density at radius 3 is 2.17 bits per heavy atom. The predicted molar refractivity (Wildman–Crippen MR) is 81.6 cm³/mol. The van der Waals surface area contributed by atoms with E-state index in [-0.39, 0.29) is 18.3 Å². The van der Waals surface area contributed by atoms with E-state index in [2.05, 4.69) is 62.0 Å². The van der Waals surface area contributed by atoms with E-state index in [9.17, 15) is 0 Å². The molecule has 0 radical (unpaired) electrons. The van der Waals surface area contributed by atoms with E-state index in [1.807, 2.05) is 6.07 Å². The van der Waals surface area contributed by atoms with Crippen LogP contribution in [0.25, 0.3) is 0 Å². The molecule has 1 fully saturated rings. The molecule has 0 bridgehead atoms. The first kappa shape index (κ1) is 14.4. The second kappa shape index (κ2) is 4.86. The van der Waals surface area contributed by atoms with Crippen molar-refractivity contribution in [3.05, 3.63) is 22.7 Å². The molecule has 0 N–H and O–H groups in total. The second-order valence-corrected chi connectivity index (χ2v) is 7.24.